The minimum absolute atomic E-state index is 0.0232. The number of esters is 3. The summed E-state index contributed by atoms with van der Waals surface area (Å²) in [5, 5.41) is 19.5. The van der Waals surface area contributed by atoms with Crippen LogP contribution in [0.3, 0.4) is 0 Å². The zero-order valence-electron chi connectivity index (χ0n) is 23.9. The van der Waals surface area contributed by atoms with Gasteiger partial charge >= 0.3 is 17.9 Å². The van der Waals surface area contributed by atoms with E-state index in [1.54, 1.807) is 19.9 Å². The number of aliphatic hydroxyl groups excluding tert-OH is 2. The van der Waals surface area contributed by atoms with Crippen molar-refractivity contribution >= 4 is 17.9 Å². The first-order chi connectivity index (χ1) is 18.4. The van der Waals surface area contributed by atoms with E-state index in [0.29, 0.717) is 44.3 Å². The average Bonchev–Trinajstić information content (AvgIpc) is 3.65. The maximum atomic E-state index is 13.1. The normalized spacial score (nSPS) is 41.5. The van der Waals surface area contributed by atoms with Gasteiger partial charge in [-0.2, -0.15) is 0 Å². The Morgan fingerprint density at radius 2 is 1.74 bits per heavy atom. The van der Waals surface area contributed by atoms with Crippen molar-refractivity contribution in [3.63, 3.8) is 0 Å². The molecule has 0 aromatic carbocycles. The van der Waals surface area contributed by atoms with E-state index in [1.807, 2.05) is 6.92 Å². The molecular formula is C29H44O10. The standard InChI is InChI=1S/C29H44O10/c1-7-16(2)25(34)39-26-29-22(12-21(38-26)13-28(29)15-35-28)27(6,10-8-20(14-31)9-11-30)17(3)23(36-18(4)32)24(29)37-19(5)33/h7,17,20-24,26,30-31H,8-15H2,1-6H3/b16-7+/t17-,20-,21-,22-,23-,24+,26-,27+,28+,29+/m1/s1. The van der Waals surface area contributed by atoms with Crippen LogP contribution in [-0.4, -0.2) is 78.1 Å². The quantitative estimate of drug-likeness (QED) is 0.180. The van der Waals surface area contributed by atoms with E-state index in [1.165, 1.54) is 13.8 Å². The van der Waals surface area contributed by atoms with Crippen molar-refractivity contribution < 1.29 is 48.3 Å². The Morgan fingerprint density at radius 3 is 2.28 bits per heavy atom. The molecule has 3 heterocycles. The molecule has 39 heavy (non-hydrogen) atoms. The average molecular weight is 553 g/mol. The van der Waals surface area contributed by atoms with Gasteiger partial charge in [-0.3, -0.25) is 9.59 Å². The van der Waals surface area contributed by atoms with Crippen molar-refractivity contribution in [1.82, 2.24) is 0 Å². The summed E-state index contributed by atoms with van der Waals surface area (Å²) in [5.74, 6) is -2.11. The molecule has 2 N–H and O–H groups in total. The van der Waals surface area contributed by atoms with Gasteiger partial charge in [-0.25, -0.2) is 4.79 Å². The Bertz CT molecular complexity index is 989. The molecular weight excluding hydrogens is 508 g/mol. The van der Waals surface area contributed by atoms with Crippen LogP contribution in [0.2, 0.25) is 0 Å². The van der Waals surface area contributed by atoms with Crippen LogP contribution < -0.4 is 0 Å². The second-order valence-corrected chi connectivity index (χ2v) is 12.2. The van der Waals surface area contributed by atoms with Crippen LogP contribution >= 0.6 is 0 Å². The van der Waals surface area contributed by atoms with Crippen LogP contribution in [-0.2, 0) is 38.1 Å². The predicted octanol–water partition coefficient (Wildman–Crippen LogP) is 2.68. The molecule has 10 atom stereocenters. The highest BCUT2D eigenvalue weighted by molar-refractivity contribution is 5.87. The molecule has 0 amide bonds. The number of ether oxygens (including phenoxy) is 5. The van der Waals surface area contributed by atoms with E-state index in [-0.39, 0.29) is 37.1 Å². The van der Waals surface area contributed by atoms with Gasteiger partial charge < -0.3 is 33.9 Å². The van der Waals surface area contributed by atoms with Crippen molar-refractivity contribution in [2.45, 2.75) is 104 Å². The highest BCUT2D eigenvalue weighted by Crippen LogP contribution is 2.73. The lowest BCUT2D eigenvalue weighted by Crippen LogP contribution is -2.79. The number of carbonyl (C=O) groups is 3. The number of fused-ring (bicyclic) bond motifs is 1. The molecule has 0 aromatic heterocycles. The van der Waals surface area contributed by atoms with E-state index < -0.39 is 52.8 Å². The third-order valence-electron chi connectivity index (χ3n) is 10.2. The number of hydrogen-bond donors (Lipinski definition) is 2. The van der Waals surface area contributed by atoms with Gasteiger partial charge in [0.05, 0.1) is 12.7 Å². The monoisotopic (exact) mass is 552 g/mol. The van der Waals surface area contributed by atoms with E-state index in [2.05, 4.69) is 6.92 Å². The number of hydrogen-bond acceptors (Lipinski definition) is 10. The van der Waals surface area contributed by atoms with Crippen LogP contribution in [0, 0.1) is 28.6 Å². The molecule has 5 rings (SSSR count). The molecule has 3 aliphatic heterocycles. The summed E-state index contributed by atoms with van der Waals surface area (Å²) in [4.78, 5) is 38.1. The Hall–Kier alpha value is -2.01. The summed E-state index contributed by atoms with van der Waals surface area (Å²) >= 11 is 0. The summed E-state index contributed by atoms with van der Waals surface area (Å²) in [5.41, 5.74) is -1.97. The van der Waals surface area contributed by atoms with Crippen LogP contribution in [0.5, 0.6) is 0 Å². The minimum Gasteiger partial charge on any atom is -0.458 e. The van der Waals surface area contributed by atoms with Gasteiger partial charge in [0.15, 0.2) is 6.10 Å². The lowest BCUT2D eigenvalue weighted by atomic mass is 9.40. The molecule has 220 valence electrons. The van der Waals surface area contributed by atoms with Crippen molar-refractivity contribution in [3.8, 4) is 0 Å². The van der Waals surface area contributed by atoms with Crippen molar-refractivity contribution in [1.29, 1.82) is 0 Å². The third kappa shape index (κ3) is 4.91. The first kappa shape index (κ1) is 30.0. The molecule has 5 fully saturated rings. The lowest BCUT2D eigenvalue weighted by Gasteiger charge is -2.69. The second kappa shape index (κ2) is 11.1. The van der Waals surface area contributed by atoms with Gasteiger partial charge in [0, 0.05) is 45.0 Å². The summed E-state index contributed by atoms with van der Waals surface area (Å²) in [6.45, 7) is 10.5. The van der Waals surface area contributed by atoms with Crippen molar-refractivity contribution in [2.75, 3.05) is 19.8 Å². The van der Waals surface area contributed by atoms with Gasteiger partial charge in [-0.1, -0.05) is 19.9 Å². The molecule has 5 aliphatic rings. The number of epoxide rings is 1. The first-order valence-electron chi connectivity index (χ1n) is 14.1. The molecule has 2 saturated carbocycles. The van der Waals surface area contributed by atoms with E-state index >= 15 is 0 Å². The van der Waals surface area contributed by atoms with Crippen LogP contribution in [0.15, 0.2) is 11.6 Å². The molecule has 10 heteroatoms. The van der Waals surface area contributed by atoms with Gasteiger partial charge in [0.25, 0.3) is 0 Å². The van der Waals surface area contributed by atoms with Gasteiger partial charge in [0.1, 0.15) is 17.1 Å². The van der Waals surface area contributed by atoms with Crippen LogP contribution in [0.1, 0.15) is 73.6 Å². The largest absolute Gasteiger partial charge is 0.458 e. The van der Waals surface area contributed by atoms with Crippen LogP contribution in [0.4, 0.5) is 0 Å². The maximum Gasteiger partial charge on any atom is 0.335 e. The number of aliphatic hydroxyl groups is 2. The second-order valence-electron chi connectivity index (χ2n) is 12.2. The molecule has 2 bridgehead atoms. The number of carbonyl (C=O) groups excluding carboxylic acids is 3. The number of rotatable bonds is 10. The molecule has 10 nitrogen and oxygen atoms in total. The minimum atomic E-state index is -1.12. The van der Waals surface area contributed by atoms with Gasteiger partial charge in [-0.15, -0.1) is 0 Å². The molecule has 0 unspecified atom stereocenters. The van der Waals surface area contributed by atoms with Gasteiger partial charge in [0.2, 0.25) is 6.29 Å². The third-order valence-corrected chi connectivity index (χ3v) is 10.2. The summed E-state index contributed by atoms with van der Waals surface area (Å²) in [7, 11) is 0. The Morgan fingerprint density at radius 1 is 1.08 bits per heavy atom. The lowest BCUT2D eigenvalue weighted by molar-refractivity contribution is -0.382. The first-order valence-corrected chi connectivity index (χ1v) is 14.1. The van der Waals surface area contributed by atoms with Crippen molar-refractivity contribution in [3.05, 3.63) is 11.6 Å². The summed E-state index contributed by atoms with van der Waals surface area (Å²) in [6, 6.07) is 0. The Kier molecular flexibility index (Phi) is 8.53. The SMILES string of the molecule is C/C=C(\C)C(=O)O[C@H]1O[C@@H]2C[C@@H]3[C@@](C)(CC[C@@H](CO)CCO)[C@H](C)[C@@H](OC(C)=O)[C@H](OC(C)=O)[C@]13[C@@]1(CO1)C2. The van der Waals surface area contributed by atoms with E-state index in [4.69, 9.17) is 23.7 Å². The predicted molar refractivity (Wildman–Crippen MR) is 138 cm³/mol. The molecule has 2 spiro atoms. The highest BCUT2D eigenvalue weighted by atomic mass is 16.7. The zero-order valence-corrected chi connectivity index (χ0v) is 23.9. The number of allylic oxidation sites excluding steroid dienone is 1. The van der Waals surface area contributed by atoms with E-state index in [9.17, 15) is 24.6 Å². The summed E-state index contributed by atoms with van der Waals surface area (Å²) < 4.78 is 30.7. The summed E-state index contributed by atoms with van der Waals surface area (Å²) in [6.07, 6.45) is 1.48. The smallest absolute Gasteiger partial charge is 0.335 e. The molecule has 3 saturated heterocycles. The Balaban J connectivity index is 1.88. The fourth-order valence-electron chi connectivity index (χ4n) is 7.82. The van der Waals surface area contributed by atoms with E-state index in [0.717, 1.165) is 0 Å². The van der Waals surface area contributed by atoms with Crippen LogP contribution in [0.25, 0.3) is 0 Å². The fourth-order valence-corrected chi connectivity index (χ4v) is 7.82. The molecule has 0 aromatic rings. The highest BCUT2D eigenvalue weighted by Gasteiger charge is 2.84. The molecule has 0 radical (unpaired) electrons. The fraction of sp³-hybridized carbons (Fsp3) is 0.828. The topological polar surface area (TPSA) is 141 Å². The zero-order chi connectivity index (χ0) is 28.8. The Labute approximate surface area is 230 Å². The van der Waals surface area contributed by atoms with Crippen molar-refractivity contribution in [2.24, 2.45) is 28.6 Å². The maximum absolute atomic E-state index is 13.1. The van der Waals surface area contributed by atoms with Gasteiger partial charge in [-0.05, 0) is 56.8 Å². The molecule has 2 aliphatic carbocycles.